The molecule has 0 unspecified atom stereocenters. The molecule has 3 aromatic rings. The van der Waals surface area contributed by atoms with Crippen LogP contribution in [0, 0.1) is 5.82 Å². The van der Waals surface area contributed by atoms with Crippen LogP contribution < -0.4 is 14.4 Å². The molecule has 31 heavy (non-hydrogen) atoms. The van der Waals surface area contributed by atoms with Gasteiger partial charge in [0.2, 0.25) is 0 Å². The first-order chi connectivity index (χ1) is 14.7. The summed E-state index contributed by atoms with van der Waals surface area (Å²) in [6, 6.07) is 13.4. The molecule has 6 nitrogen and oxygen atoms in total. The maximum Gasteiger partial charge on any atom is 0.274 e. The Balaban J connectivity index is 1.58. The molecule has 0 radical (unpaired) electrons. The van der Waals surface area contributed by atoms with Crippen LogP contribution in [0.15, 0.2) is 54.7 Å². The Morgan fingerprint density at radius 1 is 1.03 bits per heavy atom. The van der Waals surface area contributed by atoms with E-state index in [1.165, 1.54) is 19.2 Å². The number of anilines is 1. The fraction of sp³-hybridized carbons (Fsp3) is 0.292. The maximum atomic E-state index is 13.2. The Bertz CT molecular complexity index is 1100. The van der Waals surface area contributed by atoms with Gasteiger partial charge in [0.15, 0.2) is 11.5 Å². The Hall–Kier alpha value is -3.32. The van der Waals surface area contributed by atoms with Crippen molar-refractivity contribution >= 4 is 11.6 Å². The number of benzene rings is 2. The molecule has 1 amide bonds. The molecule has 0 bridgehead atoms. The van der Waals surface area contributed by atoms with Gasteiger partial charge in [-0.1, -0.05) is 12.1 Å². The third-order valence-corrected chi connectivity index (χ3v) is 5.14. The van der Waals surface area contributed by atoms with Crippen LogP contribution in [0.3, 0.4) is 0 Å². The van der Waals surface area contributed by atoms with Crippen LogP contribution in [0.25, 0.3) is 11.1 Å². The Morgan fingerprint density at radius 3 is 2.45 bits per heavy atom. The van der Waals surface area contributed by atoms with E-state index in [4.69, 9.17) is 9.47 Å². The van der Waals surface area contributed by atoms with E-state index in [2.05, 4.69) is 0 Å². The minimum absolute atomic E-state index is 0.116. The first kappa shape index (κ1) is 20.9. The number of hydrogen-bond acceptors (Lipinski definition) is 4. The normalized spacial score (nSPS) is 13.8. The molecule has 0 aliphatic carbocycles. The summed E-state index contributed by atoms with van der Waals surface area (Å²) in [5, 5.41) is 9.89. The lowest BCUT2D eigenvalue weighted by Crippen LogP contribution is -2.39. The van der Waals surface area contributed by atoms with E-state index in [9.17, 15) is 14.3 Å². The molecule has 0 atom stereocenters. The van der Waals surface area contributed by atoms with E-state index in [0.717, 1.165) is 11.1 Å². The third kappa shape index (κ3) is 4.41. The lowest BCUT2D eigenvalue weighted by atomic mass is 10.1. The van der Waals surface area contributed by atoms with Crippen molar-refractivity contribution in [1.82, 2.24) is 4.57 Å². The summed E-state index contributed by atoms with van der Waals surface area (Å²) < 4.78 is 26.3. The zero-order valence-corrected chi connectivity index (χ0v) is 17.8. The first-order valence-corrected chi connectivity index (χ1v) is 10.1. The molecule has 0 saturated carbocycles. The lowest BCUT2D eigenvalue weighted by molar-refractivity contribution is 0.0276. The third-order valence-electron chi connectivity index (χ3n) is 5.14. The van der Waals surface area contributed by atoms with Crippen molar-refractivity contribution in [3.8, 4) is 22.6 Å². The van der Waals surface area contributed by atoms with Gasteiger partial charge in [-0.05, 0) is 49.7 Å². The molecule has 2 heterocycles. The highest BCUT2D eigenvalue weighted by molar-refractivity contribution is 6.06. The molecule has 0 saturated heterocycles. The monoisotopic (exact) mass is 424 g/mol. The molecule has 0 spiro atoms. The molecular weight excluding hydrogens is 399 g/mol. The molecule has 4 rings (SSSR count). The van der Waals surface area contributed by atoms with Gasteiger partial charge in [-0.3, -0.25) is 4.79 Å². The number of amides is 1. The first-order valence-electron chi connectivity index (χ1n) is 10.1. The molecule has 7 heteroatoms. The number of fused-ring (bicyclic) bond motifs is 1. The molecule has 2 aromatic carbocycles. The number of aliphatic hydroxyl groups is 1. The van der Waals surface area contributed by atoms with Crippen molar-refractivity contribution in [1.29, 1.82) is 0 Å². The van der Waals surface area contributed by atoms with Crippen LogP contribution >= 0.6 is 0 Å². The van der Waals surface area contributed by atoms with E-state index < -0.39 is 5.60 Å². The highest BCUT2D eigenvalue weighted by Crippen LogP contribution is 2.34. The number of carbonyl (C=O) groups is 1. The second kappa shape index (κ2) is 8.07. The second-order valence-corrected chi connectivity index (χ2v) is 8.21. The fourth-order valence-corrected chi connectivity index (χ4v) is 3.57. The van der Waals surface area contributed by atoms with Gasteiger partial charge in [0.1, 0.15) is 18.1 Å². The van der Waals surface area contributed by atoms with Crippen LogP contribution in [-0.4, -0.2) is 41.4 Å². The molecule has 1 aromatic heterocycles. The number of hydrogen-bond donors (Lipinski definition) is 1. The Labute approximate surface area is 180 Å². The van der Waals surface area contributed by atoms with Crippen molar-refractivity contribution < 1.29 is 23.8 Å². The largest absolute Gasteiger partial charge is 0.493 e. The van der Waals surface area contributed by atoms with E-state index in [1.54, 1.807) is 49.1 Å². The van der Waals surface area contributed by atoms with E-state index >= 15 is 0 Å². The summed E-state index contributed by atoms with van der Waals surface area (Å²) in [5.74, 6) is 0.577. The Kier molecular flexibility index (Phi) is 5.45. The number of methoxy groups -OCH3 is 1. The number of ether oxygens (including phenoxy) is 2. The molecule has 1 aliphatic rings. The van der Waals surface area contributed by atoms with E-state index in [0.29, 0.717) is 36.0 Å². The average molecular weight is 424 g/mol. The number of carbonyl (C=O) groups excluding carboxylic acids is 1. The molecule has 1 aliphatic heterocycles. The molecular formula is C24H25FN2O4. The zero-order valence-electron chi connectivity index (χ0n) is 17.8. The minimum atomic E-state index is -0.972. The van der Waals surface area contributed by atoms with Crippen molar-refractivity contribution in [2.45, 2.75) is 26.0 Å². The van der Waals surface area contributed by atoms with E-state index in [1.807, 2.05) is 16.8 Å². The van der Waals surface area contributed by atoms with Gasteiger partial charge >= 0.3 is 0 Å². The van der Waals surface area contributed by atoms with Gasteiger partial charge in [0.05, 0.1) is 12.7 Å². The predicted molar refractivity (Wildman–Crippen MR) is 116 cm³/mol. The van der Waals surface area contributed by atoms with Crippen molar-refractivity contribution in [2.75, 3.05) is 25.2 Å². The van der Waals surface area contributed by atoms with Crippen molar-refractivity contribution in [2.24, 2.45) is 0 Å². The van der Waals surface area contributed by atoms with Gasteiger partial charge in [0.25, 0.3) is 5.91 Å². The molecule has 162 valence electrons. The molecule has 1 N–H and O–H groups in total. The maximum absolute atomic E-state index is 13.2. The predicted octanol–water partition coefficient (Wildman–Crippen LogP) is 4.11. The van der Waals surface area contributed by atoms with Crippen LogP contribution in [0.5, 0.6) is 11.5 Å². The summed E-state index contributed by atoms with van der Waals surface area (Å²) in [6.07, 6.45) is 1.92. The highest BCUT2D eigenvalue weighted by Gasteiger charge is 2.27. The summed E-state index contributed by atoms with van der Waals surface area (Å²) in [7, 11) is 1.54. The number of halogens is 1. The summed E-state index contributed by atoms with van der Waals surface area (Å²) in [6.45, 7) is 4.59. The van der Waals surface area contributed by atoms with Gasteiger partial charge < -0.3 is 24.0 Å². The van der Waals surface area contributed by atoms with Crippen LogP contribution in [0.1, 0.15) is 24.3 Å². The highest BCUT2D eigenvalue weighted by atomic mass is 19.1. The summed E-state index contributed by atoms with van der Waals surface area (Å²) in [4.78, 5) is 14.9. The Morgan fingerprint density at radius 2 is 1.77 bits per heavy atom. The van der Waals surface area contributed by atoms with Crippen LogP contribution in [0.2, 0.25) is 0 Å². The standard InChI is InChI=1S/C24H25FN2O4/c1-24(2,29)15-31-21-9-8-19(13-22(21)30-3)27-11-10-26-14-17(12-20(26)23(27)28)16-4-6-18(25)7-5-16/h4-9,12-14,29H,10-11,15H2,1-3H3. The number of nitrogens with zero attached hydrogens (tertiary/aromatic N) is 2. The number of aromatic nitrogens is 1. The van der Waals surface area contributed by atoms with Gasteiger partial charge in [-0.2, -0.15) is 0 Å². The quantitative estimate of drug-likeness (QED) is 0.647. The second-order valence-electron chi connectivity index (χ2n) is 8.21. The smallest absolute Gasteiger partial charge is 0.274 e. The zero-order chi connectivity index (χ0) is 22.2. The lowest BCUT2D eigenvalue weighted by Gasteiger charge is -2.29. The van der Waals surface area contributed by atoms with E-state index in [-0.39, 0.29) is 18.3 Å². The number of rotatable bonds is 6. The summed E-state index contributed by atoms with van der Waals surface area (Å²) >= 11 is 0. The fourth-order valence-electron chi connectivity index (χ4n) is 3.57. The minimum Gasteiger partial charge on any atom is -0.493 e. The van der Waals surface area contributed by atoms with Gasteiger partial charge in [-0.25, -0.2) is 4.39 Å². The van der Waals surface area contributed by atoms with Crippen molar-refractivity contribution in [3.05, 3.63) is 66.2 Å². The topological polar surface area (TPSA) is 63.9 Å². The SMILES string of the molecule is COc1cc(N2CCn3cc(-c4ccc(F)cc4)cc3C2=O)ccc1OCC(C)(C)O. The van der Waals surface area contributed by atoms with Crippen molar-refractivity contribution in [3.63, 3.8) is 0 Å². The summed E-state index contributed by atoms with van der Waals surface area (Å²) in [5.41, 5.74) is 2.04. The van der Waals surface area contributed by atoms with Crippen LogP contribution in [0.4, 0.5) is 10.1 Å². The van der Waals surface area contributed by atoms with Gasteiger partial charge in [0, 0.05) is 36.6 Å². The average Bonchev–Trinajstić information content (AvgIpc) is 3.18. The van der Waals surface area contributed by atoms with Crippen LogP contribution in [-0.2, 0) is 6.54 Å². The van der Waals surface area contributed by atoms with Gasteiger partial charge in [-0.15, -0.1) is 0 Å². The molecule has 0 fully saturated rings.